The Morgan fingerprint density at radius 2 is 1.82 bits per heavy atom. The molecule has 0 unspecified atom stereocenters. The van der Waals surface area contributed by atoms with Crippen molar-refractivity contribution in [2.75, 3.05) is 13.6 Å². The number of carbonyl (C=O) groups is 1. The zero-order valence-electron chi connectivity index (χ0n) is 12.0. The van der Waals surface area contributed by atoms with E-state index >= 15 is 0 Å². The number of hydrogen-bond acceptors (Lipinski definition) is 2. The summed E-state index contributed by atoms with van der Waals surface area (Å²) in [5, 5.41) is 3.26. The van der Waals surface area contributed by atoms with Crippen LogP contribution in [0.15, 0.2) is 0 Å². The Morgan fingerprint density at radius 1 is 1.29 bits per heavy atom. The van der Waals surface area contributed by atoms with Gasteiger partial charge in [-0.25, -0.2) is 0 Å². The lowest BCUT2D eigenvalue weighted by Gasteiger charge is -2.38. The Kier molecular flexibility index (Phi) is 4.99. The van der Waals surface area contributed by atoms with Crippen LogP contribution < -0.4 is 5.32 Å². The Bertz CT molecular complexity index is 255. The van der Waals surface area contributed by atoms with Gasteiger partial charge in [0.25, 0.3) is 0 Å². The largest absolute Gasteiger partial charge is 0.341 e. The lowest BCUT2D eigenvalue weighted by atomic mass is 9.86. The van der Waals surface area contributed by atoms with E-state index in [-0.39, 0.29) is 5.91 Å². The molecule has 0 atom stereocenters. The second-order valence-corrected chi connectivity index (χ2v) is 5.99. The van der Waals surface area contributed by atoms with Crippen LogP contribution in [0, 0.1) is 5.92 Å². The van der Waals surface area contributed by atoms with Gasteiger partial charge >= 0.3 is 0 Å². The van der Waals surface area contributed by atoms with Gasteiger partial charge in [-0.15, -0.1) is 0 Å². The minimum Gasteiger partial charge on any atom is -0.341 e. The van der Waals surface area contributed by atoms with Gasteiger partial charge in [-0.05, 0) is 52.0 Å². The second kappa shape index (κ2) is 5.85. The van der Waals surface area contributed by atoms with Crippen molar-refractivity contribution in [2.45, 2.75) is 65.0 Å². The van der Waals surface area contributed by atoms with Crippen LogP contribution in [0.25, 0.3) is 0 Å². The predicted molar refractivity (Wildman–Crippen MR) is 71.9 cm³/mol. The first-order valence-corrected chi connectivity index (χ1v) is 6.90. The highest BCUT2D eigenvalue weighted by molar-refractivity contribution is 5.85. The monoisotopic (exact) mass is 240 g/mol. The van der Waals surface area contributed by atoms with Crippen LogP contribution >= 0.6 is 0 Å². The first-order chi connectivity index (χ1) is 7.88. The summed E-state index contributed by atoms with van der Waals surface area (Å²) >= 11 is 0. The van der Waals surface area contributed by atoms with Crippen LogP contribution in [0.4, 0.5) is 0 Å². The number of amides is 1. The van der Waals surface area contributed by atoms with Crippen LogP contribution in [0.5, 0.6) is 0 Å². The molecule has 3 heteroatoms. The lowest BCUT2D eigenvalue weighted by molar-refractivity contribution is -0.138. The fourth-order valence-electron chi connectivity index (χ4n) is 2.75. The molecule has 0 aromatic heterocycles. The van der Waals surface area contributed by atoms with Crippen molar-refractivity contribution < 1.29 is 4.79 Å². The van der Waals surface area contributed by atoms with Gasteiger partial charge < -0.3 is 10.2 Å². The third kappa shape index (κ3) is 3.70. The first kappa shape index (κ1) is 14.5. The standard InChI is InChI=1S/C14H28N2O/c1-6-15-14(3,4)13(17)16(5)12-9-7-11(2)8-10-12/h11-12,15H,6-10H2,1-5H3. The fraction of sp³-hybridized carbons (Fsp3) is 0.929. The Labute approximate surface area is 106 Å². The van der Waals surface area contributed by atoms with E-state index in [9.17, 15) is 4.79 Å². The molecular weight excluding hydrogens is 212 g/mol. The molecule has 17 heavy (non-hydrogen) atoms. The van der Waals surface area contributed by atoms with E-state index in [2.05, 4.69) is 12.2 Å². The molecule has 3 nitrogen and oxygen atoms in total. The average molecular weight is 240 g/mol. The number of carbonyl (C=O) groups excluding carboxylic acids is 1. The average Bonchev–Trinajstić information content (AvgIpc) is 2.28. The van der Waals surface area contributed by atoms with E-state index in [0.29, 0.717) is 6.04 Å². The van der Waals surface area contributed by atoms with Crippen LogP contribution in [0.3, 0.4) is 0 Å². The molecule has 100 valence electrons. The third-order valence-electron chi connectivity index (χ3n) is 4.01. The molecule has 0 heterocycles. The highest BCUT2D eigenvalue weighted by Crippen LogP contribution is 2.27. The van der Waals surface area contributed by atoms with Crippen molar-refractivity contribution in [1.82, 2.24) is 10.2 Å². The smallest absolute Gasteiger partial charge is 0.242 e. The van der Waals surface area contributed by atoms with Gasteiger partial charge in [0, 0.05) is 13.1 Å². The van der Waals surface area contributed by atoms with Crippen molar-refractivity contribution >= 4 is 5.91 Å². The van der Waals surface area contributed by atoms with Crippen LogP contribution in [0.2, 0.25) is 0 Å². The number of likely N-dealkylation sites (N-methyl/N-ethyl adjacent to an activating group) is 2. The van der Waals surface area contributed by atoms with Gasteiger partial charge in [-0.3, -0.25) is 4.79 Å². The summed E-state index contributed by atoms with van der Waals surface area (Å²) in [6.07, 6.45) is 4.82. The summed E-state index contributed by atoms with van der Waals surface area (Å²) in [7, 11) is 1.96. The Hall–Kier alpha value is -0.570. The molecule has 0 spiro atoms. The molecule has 1 aliphatic carbocycles. The van der Waals surface area contributed by atoms with Gasteiger partial charge in [0.1, 0.15) is 0 Å². The maximum atomic E-state index is 12.4. The molecule has 1 saturated carbocycles. The van der Waals surface area contributed by atoms with E-state index < -0.39 is 5.54 Å². The molecular formula is C14H28N2O. The minimum absolute atomic E-state index is 0.221. The molecule has 1 fully saturated rings. The second-order valence-electron chi connectivity index (χ2n) is 5.99. The molecule has 1 aliphatic rings. The normalized spacial score (nSPS) is 25.7. The highest BCUT2D eigenvalue weighted by Gasteiger charge is 2.33. The SMILES string of the molecule is CCNC(C)(C)C(=O)N(C)C1CCC(C)CC1. The van der Waals surface area contributed by atoms with Gasteiger partial charge in [0.05, 0.1) is 5.54 Å². The third-order valence-corrected chi connectivity index (χ3v) is 4.01. The number of nitrogens with zero attached hydrogens (tertiary/aromatic N) is 1. The summed E-state index contributed by atoms with van der Waals surface area (Å²) in [4.78, 5) is 14.4. The molecule has 1 amide bonds. The fourth-order valence-corrected chi connectivity index (χ4v) is 2.75. The van der Waals surface area contributed by atoms with E-state index in [4.69, 9.17) is 0 Å². The highest BCUT2D eigenvalue weighted by atomic mass is 16.2. The maximum absolute atomic E-state index is 12.4. The van der Waals surface area contributed by atoms with Gasteiger partial charge in [0.2, 0.25) is 5.91 Å². The van der Waals surface area contributed by atoms with Gasteiger partial charge in [-0.1, -0.05) is 13.8 Å². The first-order valence-electron chi connectivity index (χ1n) is 6.90. The zero-order valence-corrected chi connectivity index (χ0v) is 12.0. The quantitative estimate of drug-likeness (QED) is 0.818. The molecule has 1 N–H and O–H groups in total. The van der Waals surface area contributed by atoms with Crippen molar-refractivity contribution in [1.29, 1.82) is 0 Å². The molecule has 0 aromatic rings. The number of hydrogen-bond donors (Lipinski definition) is 1. The Balaban J connectivity index is 2.57. The topological polar surface area (TPSA) is 32.3 Å². The van der Waals surface area contributed by atoms with Crippen molar-refractivity contribution in [2.24, 2.45) is 5.92 Å². The summed E-state index contributed by atoms with van der Waals surface area (Å²) in [6.45, 7) is 9.12. The van der Waals surface area contributed by atoms with E-state index in [0.717, 1.165) is 25.3 Å². The van der Waals surface area contributed by atoms with Gasteiger partial charge in [-0.2, -0.15) is 0 Å². The summed E-state index contributed by atoms with van der Waals surface area (Å²) < 4.78 is 0. The predicted octanol–water partition coefficient (Wildman–Crippen LogP) is 2.41. The van der Waals surface area contributed by atoms with Crippen LogP contribution in [-0.4, -0.2) is 36.0 Å². The van der Waals surface area contributed by atoms with Crippen LogP contribution in [-0.2, 0) is 4.79 Å². The van der Waals surface area contributed by atoms with Crippen molar-refractivity contribution in [3.8, 4) is 0 Å². The van der Waals surface area contributed by atoms with Crippen molar-refractivity contribution in [3.63, 3.8) is 0 Å². The molecule has 0 radical (unpaired) electrons. The van der Waals surface area contributed by atoms with Crippen molar-refractivity contribution in [3.05, 3.63) is 0 Å². The van der Waals surface area contributed by atoms with E-state index in [1.54, 1.807) is 0 Å². The number of rotatable bonds is 4. The minimum atomic E-state index is -0.438. The van der Waals surface area contributed by atoms with Gasteiger partial charge in [0.15, 0.2) is 0 Å². The molecule has 1 rings (SSSR count). The Morgan fingerprint density at radius 3 is 2.29 bits per heavy atom. The molecule has 0 aromatic carbocycles. The van der Waals surface area contributed by atoms with E-state index in [1.807, 2.05) is 32.7 Å². The molecule has 0 bridgehead atoms. The molecule has 0 saturated heterocycles. The molecule has 0 aliphatic heterocycles. The summed E-state index contributed by atoms with van der Waals surface area (Å²) in [5.74, 6) is 1.05. The number of nitrogens with one attached hydrogen (secondary N) is 1. The van der Waals surface area contributed by atoms with E-state index in [1.165, 1.54) is 12.8 Å². The zero-order chi connectivity index (χ0) is 13.1. The summed E-state index contributed by atoms with van der Waals surface area (Å²) in [6, 6.07) is 0.441. The summed E-state index contributed by atoms with van der Waals surface area (Å²) in [5.41, 5.74) is -0.438. The maximum Gasteiger partial charge on any atom is 0.242 e. The lowest BCUT2D eigenvalue weighted by Crippen LogP contribution is -2.55. The van der Waals surface area contributed by atoms with Crippen LogP contribution in [0.1, 0.15) is 53.4 Å².